The molecule has 2 heterocycles. The Labute approximate surface area is 230 Å². The summed E-state index contributed by atoms with van der Waals surface area (Å²) in [5, 5.41) is 21.3. The average molecular weight is 555 g/mol. The number of nitro benzene ring substituents is 1. The monoisotopic (exact) mass is 554 g/mol. The van der Waals surface area contributed by atoms with E-state index in [0.717, 1.165) is 24.4 Å². The van der Waals surface area contributed by atoms with Crippen molar-refractivity contribution in [2.24, 2.45) is 0 Å². The van der Waals surface area contributed by atoms with E-state index in [0.29, 0.717) is 29.9 Å². The number of nitriles is 1. The van der Waals surface area contributed by atoms with Crippen LogP contribution in [0.4, 0.5) is 11.4 Å². The molecule has 3 rings (SSSR count). The van der Waals surface area contributed by atoms with E-state index in [9.17, 15) is 29.8 Å². The summed E-state index contributed by atoms with van der Waals surface area (Å²) in [4.78, 5) is 54.1. The number of nitrogens with zero attached hydrogens (tertiary/aromatic N) is 4. The third-order valence-corrected chi connectivity index (χ3v) is 7.54. The van der Waals surface area contributed by atoms with Crippen LogP contribution in [0.1, 0.15) is 49.9 Å². The van der Waals surface area contributed by atoms with Gasteiger partial charge >= 0.3 is 11.9 Å². The summed E-state index contributed by atoms with van der Waals surface area (Å²) in [6.07, 6.45) is 1.01. The molecular weight excluding hydrogens is 524 g/mol. The molecule has 0 atom stereocenters. The fourth-order valence-corrected chi connectivity index (χ4v) is 5.42. The highest BCUT2D eigenvalue weighted by Gasteiger charge is 2.28. The number of ketones is 1. The quantitative estimate of drug-likeness (QED) is 0.140. The van der Waals surface area contributed by atoms with Crippen LogP contribution in [0.2, 0.25) is 0 Å². The molecule has 0 spiro atoms. The first kappa shape index (κ1) is 29.5. The minimum Gasteiger partial charge on any atom is -0.462 e. The van der Waals surface area contributed by atoms with Crippen LogP contribution in [0, 0.1) is 28.4 Å². The summed E-state index contributed by atoms with van der Waals surface area (Å²) < 4.78 is 10.2. The van der Waals surface area contributed by atoms with Gasteiger partial charge in [-0.05, 0) is 45.5 Å². The molecule has 1 aromatic heterocycles. The zero-order valence-electron chi connectivity index (χ0n) is 22.3. The second-order valence-electron chi connectivity index (χ2n) is 8.86. The third kappa shape index (κ3) is 6.87. The normalized spacial score (nSPS) is 14.0. The Hall–Kier alpha value is -4.08. The van der Waals surface area contributed by atoms with E-state index < -0.39 is 22.6 Å². The standard InChI is InChI=1S/C27H30N4O7S/c1-5-37-26(33)24-17(3)25(27(34)38-6-2)39-23(24)15-22(32)19(16-28)13-18-14-20(31(35)36)7-8-21(18)30-11-9-29(4)10-12-30/h7-8,13-14H,5-6,9-12,15H2,1-4H3/b19-13-. The molecule has 0 saturated carbocycles. The minimum absolute atomic E-state index is 0.0987. The van der Waals surface area contributed by atoms with Gasteiger partial charge in [0.2, 0.25) is 0 Å². The molecule has 12 heteroatoms. The summed E-state index contributed by atoms with van der Waals surface area (Å²) in [5.74, 6) is -1.90. The maximum Gasteiger partial charge on any atom is 0.348 e. The lowest BCUT2D eigenvalue weighted by Gasteiger charge is -2.34. The maximum atomic E-state index is 13.3. The molecule has 11 nitrogen and oxygen atoms in total. The molecule has 39 heavy (non-hydrogen) atoms. The Morgan fingerprint density at radius 2 is 1.77 bits per heavy atom. The first-order valence-electron chi connectivity index (χ1n) is 12.4. The van der Waals surface area contributed by atoms with E-state index in [-0.39, 0.29) is 46.2 Å². The minimum atomic E-state index is -0.678. The van der Waals surface area contributed by atoms with Gasteiger partial charge in [-0.3, -0.25) is 14.9 Å². The van der Waals surface area contributed by atoms with Crippen LogP contribution < -0.4 is 4.90 Å². The van der Waals surface area contributed by atoms with Crippen LogP contribution in [-0.2, 0) is 20.7 Å². The number of hydrogen-bond acceptors (Lipinski definition) is 11. The van der Waals surface area contributed by atoms with Crippen molar-refractivity contribution in [2.45, 2.75) is 27.2 Å². The Balaban J connectivity index is 2.02. The van der Waals surface area contributed by atoms with Crippen molar-refractivity contribution in [2.75, 3.05) is 51.3 Å². The van der Waals surface area contributed by atoms with Crippen molar-refractivity contribution in [1.82, 2.24) is 4.90 Å². The van der Waals surface area contributed by atoms with Crippen molar-refractivity contribution >= 4 is 46.5 Å². The number of ether oxygens (including phenoxy) is 2. The van der Waals surface area contributed by atoms with Crippen LogP contribution in [0.5, 0.6) is 0 Å². The Morgan fingerprint density at radius 1 is 1.13 bits per heavy atom. The second kappa shape index (κ2) is 13.1. The fourth-order valence-electron chi connectivity index (χ4n) is 4.24. The van der Waals surface area contributed by atoms with Crippen molar-refractivity contribution in [3.05, 3.63) is 60.3 Å². The molecule has 1 saturated heterocycles. The summed E-state index contributed by atoms with van der Waals surface area (Å²) in [6, 6.07) is 6.28. The van der Waals surface area contributed by atoms with Crippen molar-refractivity contribution in [3.63, 3.8) is 0 Å². The number of carbonyl (C=O) groups is 3. The number of non-ortho nitro benzene ring substituents is 1. The lowest BCUT2D eigenvalue weighted by atomic mass is 10.0. The van der Waals surface area contributed by atoms with Crippen LogP contribution in [0.25, 0.3) is 6.08 Å². The predicted molar refractivity (Wildman–Crippen MR) is 146 cm³/mol. The van der Waals surface area contributed by atoms with E-state index in [2.05, 4.69) is 9.80 Å². The van der Waals surface area contributed by atoms with E-state index in [1.807, 2.05) is 13.1 Å². The van der Waals surface area contributed by atoms with Crippen molar-refractivity contribution < 1.29 is 28.8 Å². The Bertz CT molecular complexity index is 1350. The highest BCUT2D eigenvalue weighted by Crippen LogP contribution is 2.32. The number of piperazine rings is 1. The van der Waals surface area contributed by atoms with Gasteiger partial charge in [0, 0.05) is 60.9 Å². The molecule has 1 aliphatic rings. The summed E-state index contributed by atoms with van der Waals surface area (Å²) in [5.41, 5.74) is 1.10. The molecule has 2 aromatic rings. The molecule has 0 aliphatic carbocycles. The van der Waals surface area contributed by atoms with Gasteiger partial charge in [0.05, 0.1) is 29.3 Å². The topological polar surface area (TPSA) is 143 Å². The predicted octanol–water partition coefficient (Wildman–Crippen LogP) is 3.79. The number of hydrogen-bond donors (Lipinski definition) is 0. The Morgan fingerprint density at radius 3 is 2.36 bits per heavy atom. The van der Waals surface area contributed by atoms with Gasteiger partial charge in [0.15, 0.2) is 5.78 Å². The number of Topliss-reactive ketones (excluding diaryl/α,β-unsaturated/α-hetero) is 1. The molecule has 206 valence electrons. The van der Waals surface area contributed by atoms with Crippen LogP contribution >= 0.6 is 11.3 Å². The third-order valence-electron chi connectivity index (χ3n) is 6.27. The van der Waals surface area contributed by atoms with Crippen molar-refractivity contribution in [1.29, 1.82) is 5.26 Å². The zero-order valence-corrected chi connectivity index (χ0v) is 23.1. The highest BCUT2D eigenvalue weighted by atomic mass is 32.1. The number of nitro groups is 1. The molecule has 0 N–H and O–H groups in total. The molecule has 1 aliphatic heterocycles. The maximum absolute atomic E-state index is 13.3. The van der Waals surface area contributed by atoms with Gasteiger partial charge in [-0.25, -0.2) is 9.59 Å². The van der Waals surface area contributed by atoms with Gasteiger partial charge in [-0.1, -0.05) is 0 Å². The smallest absolute Gasteiger partial charge is 0.348 e. The number of likely N-dealkylation sites (N-methyl/N-ethyl adjacent to an activating group) is 1. The summed E-state index contributed by atoms with van der Waals surface area (Å²) in [6.45, 7) is 8.06. The van der Waals surface area contributed by atoms with E-state index >= 15 is 0 Å². The average Bonchev–Trinajstić information content (AvgIpc) is 3.23. The lowest BCUT2D eigenvalue weighted by molar-refractivity contribution is -0.384. The molecule has 0 bridgehead atoms. The number of carbonyl (C=O) groups excluding carboxylic acids is 3. The zero-order chi connectivity index (χ0) is 28.7. The van der Waals surface area contributed by atoms with Gasteiger partial charge in [-0.15, -0.1) is 11.3 Å². The first-order chi connectivity index (χ1) is 18.6. The first-order valence-corrected chi connectivity index (χ1v) is 13.3. The van der Waals surface area contributed by atoms with Gasteiger partial charge in [-0.2, -0.15) is 5.26 Å². The number of esters is 2. The van der Waals surface area contributed by atoms with Gasteiger partial charge in [0.1, 0.15) is 10.9 Å². The largest absolute Gasteiger partial charge is 0.462 e. The lowest BCUT2D eigenvalue weighted by Crippen LogP contribution is -2.44. The number of rotatable bonds is 10. The van der Waals surface area contributed by atoms with Crippen molar-refractivity contribution in [3.8, 4) is 6.07 Å². The molecule has 0 unspecified atom stereocenters. The highest BCUT2D eigenvalue weighted by molar-refractivity contribution is 7.14. The van der Waals surface area contributed by atoms with Crippen LogP contribution in [-0.4, -0.2) is 74.0 Å². The van der Waals surface area contributed by atoms with Crippen LogP contribution in [0.15, 0.2) is 23.8 Å². The molecule has 0 amide bonds. The van der Waals surface area contributed by atoms with Gasteiger partial charge < -0.3 is 19.3 Å². The van der Waals surface area contributed by atoms with E-state index in [1.54, 1.807) is 26.8 Å². The van der Waals surface area contributed by atoms with E-state index in [1.165, 1.54) is 18.2 Å². The number of allylic oxidation sites excluding steroid dienone is 1. The number of thiophene rings is 1. The molecule has 0 radical (unpaired) electrons. The van der Waals surface area contributed by atoms with E-state index in [4.69, 9.17) is 9.47 Å². The molecule has 1 fully saturated rings. The summed E-state index contributed by atoms with van der Waals surface area (Å²) in [7, 11) is 2.00. The fraction of sp³-hybridized carbons (Fsp3) is 0.407. The Kier molecular flexibility index (Phi) is 9.92. The second-order valence-corrected chi connectivity index (χ2v) is 9.96. The van der Waals surface area contributed by atoms with Gasteiger partial charge in [0.25, 0.3) is 5.69 Å². The summed E-state index contributed by atoms with van der Waals surface area (Å²) >= 11 is 0.948. The SMILES string of the molecule is CCOC(=O)c1sc(CC(=O)/C(C#N)=C\c2cc([N+](=O)[O-])ccc2N2CCN(C)CC2)c(C(=O)OCC)c1C. The molecule has 1 aromatic carbocycles. The molecular formula is C27H30N4O7S. The number of benzene rings is 1. The number of anilines is 1. The van der Waals surface area contributed by atoms with Crippen LogP contribution in [0.3, 0.4) is 0 Å².